The first-order valence-corrected chi connectivity index (χ1v) is 19.1. The number of Topliss-reactive ketones (excluding diaryl/α,β-unsaturated/α-hetero) is 1. The fraction of sp³-hybridized carbons (Fsp3) is 0.558. The summed E-state index contributed by atoms with van der Waals surface area (Å²) in [4.78, 5) is 68.7. The molecule has 4 aliphatic rings. The smallest absolute Gasteiger partial charge is 0.408 e. The lowest BCUT2D eigenvalue weighted by Gasteiger charge is -2.66. The Hall–Kier alpha value is -4.59. The van der Waals surface area contributed by atoms with Gasteiger partial charge in [0.1, 0.15) is 35.3 Å². The second kappa shape index (κ2) is 14.7. The highest BCUT2D eigenvalue weighted by molar-refractivity contribution is 5.91. The van der Waals surface area contributed by atoms with Crippen LogP contribution in [0.3, 0.4) is 0 Å². The van der Waals surface area contributed by atoms with Crippen LogP contribution < -0.4 is 5.32 Å². The maximum Gasteiger partial charge on any atom is 0.408 e. The molecule has 9 atom stereocenters. The molecule has 2 saturated carbocycles. The van der Waals surface area contributed by atoms with Crippen molar-refractivity contribution in [2.45, 2.75) is 128 Å². The van der Waals surface area contributed by atoms with Crippen molar-refractivity contribution in [2.75, 3.05) is 6.61 Å². The Balaban J connectivity index is 1.44. The van der Waals surface area contributed by atoms with Gasteiger partial charge in [-0.3, -0.25) is 9.59 Å². The molecule has 2 aromatic carbocycles. The topological polar surface area (TPSA) is 184 Å². The number of hydrogen-bond acceptors (Lipinski definition) is 12. The van der Waals surface area contributed by atoms with E-state index in [4.69, 9.17) is 23.7 Å². The van der Waals surface area contributed by atoms with Gasteiger partial charge in [-0.2, -0.15) is 0 Å². The van der Waals surface area contributed by atoms with Crippen LogP contribution >= 0.6 is 0 Å². The maximum absolute atomic E-state index is 14.8. The van der Waals surface area contributed by atoms with Crippen molar-refractivity contribution >= 4 is 29.8 Å². The molecule has 1 saturated heterocycles. The van der Waals surface area contributed by atoms with E-state index in [0.717, 1.165) is 0 Å². The minimum atomic E-state index is -2.05. The van der Waals surface area contributed by atoms with Gasteiger partial charge in [0.15, 0.2) is 11.7 Å². The molecule has 3 N–H and O–H groups in total. The number of carbonyl (C=O) groups is 5. The molecule has 1 amide bonds. The van der Waals surface area contributed by atoms with Crippen molar-refractivity contribution in [2.24, 2.45) is 16.7 Å². The molecule has 2 aromatic rings. The molecular weight excluding hydrogens is 722 g/mol. The summed E-state index contributed by atoms with van der Waals surface area (Å²) in [7, 11) is 0. The van der Waals surface area contributed by atoms with Gasteiger partial charge < -0.3 is 39.2 Å². The Morgan fingerprint density at radius 1 is 0.964 bits per heavy atom. The lowest BCUT2D eigenvalue weighted by Crippen LogP contribution is -2.78. The van der Waals surface area contributed by atoms with E-state index in [9.17, 15) is 34.2 Å². The summed E-state index contributed by atoms with van der Waals surface area (Å²) in [6, 6.07) is 15.3. The zero-order valence-electron chi connectivity index (χ0n) is 33.3. The normalized spacial score (nSPS) is 31.8. The van der Waals surface area contributed by atoms with Crippen LogP contribution in [-0.4, -0.2) is 87.8 Å². The molecule has 2 bridgehead atoms. The Labute approximate surface area is 327 Å². The lowest BCUT2D eigenvalue weighted by molar-refractivity contribution is -0.331. The number of nitrogens with one attached hydrogen (secondary N) is 1. The predicted octanol–water partition coefficient (Wildman–Crippen LogP) is 5.32. The Morgan fingerprint density at radius 3 is 2.16 bits per heavy atom. The van der Waals surface area contributed by atoms with E-state index >= 15 is 0 Å². The van der Waals surface area contributed by atoms with Crippen molar-refractivity contribution in [3.8, 4) is 0 Å². The van der Waals surface area contributed by atoms with E-state index in [1.807, 2.05) is 0 Å². The number of fused-ring (bicyclic) bond motifs is 5. The van der Waals surface area contributed by atoms with Gasteiger partial charge >= 0.3 is 24.0 Å². The number of ketones is 1. The number of aliphatic hydroxyl groups excluding tert-OH is 1. The molecule has 0 spiro atoms. The fourth-order valence-corrected chi connectivity index (χ4v) is 9.39. The SMILES string of the molecule is CC(=O)O[C@@]12CO[C@@H]1CC[C@@]1(C)C(=O)CC3=C(C)[C@@H](OC(=O)[C@H](O)[C@@H](NC(=O)OC(C)(C)C)c4ccccc4)C[C@@](O)([C@@H](OC(=O)c4ccccc4)[C@H]21)C3(C)C. The van der Waals surface area contributed by atoms with Gasteiger partial charge in [-0.05, 0) is 63.8 Å². The third-order valence-electron chi connectivity index (χ3n) is 12.5. The number of ether oxygens (including phenoxy) is 5. The Morgan fingerprint density at radius 2 is 1.59 bits per heavy atom. The van der Waals surface area contributed by atoms with Crippen LogP contribution in [0, 0.1) is 16.7 Å². The average Bonchev–Trinajstić information content (AvgIpc) is 3.12. The molecule has 3 aliphatic carbocycles. The predicted molar refractivity (Wildman–Crippen MR) is 201 cm³/mol. The van der Waals surface area contributed by atoms with E-state index in [1.165, 1.54) is 6.92 Å². The number of aliphatic hydroxyl groups is 2. The molecule has 0 unspecified atom stereocenters. The monoisotopic (exact) mass is 775 g/mol. The molecule has 302 valence electrons. The molecule has 13 heteroatoms. The van der Waals surface area contributed by atoms with Crippen LogP contribution in [0.1, 0.15) is 103 Å². The quantitative estimate of drug-likeness (QED) is 0.179. The first-order valence-electron chi connectivity index (χ1n) is 19.1. The van der Waals surface area contributed by atoms with Gasteiger partial charge in [-0.15, -0.1) is 0 Å². The summed E-state index contributed by atoms with van der Waals surface area (Å²) >= 11 is 0. The molecule has 1 aliphatic heterocycles. The number of carbonyl (C=O) groups excluding carboxylic acids is 5. The van der Waals surface area contributed by atoms with Crippen molar-refractivity contribution in [3.63, 3.8) is 0 Å². The zero-order chi connectivity index (χ0) is 41.0. The van der Waals surface area contributed by atoms with Gasteiger partial charge in [0.25, 0.3) is 0 Å². The number of alkyl carbamates (subject to hydrolysis) is 1. The highest BCUT2D eigenvalue weighted by Crippen LogP contribution is 2.64. The summed E-state index contributed by atoms with van der Waals surface area (Å²) in [5, 5.41) is 27.6. The van der Waals surface area contributed by atoms with Gasteiger partial charge in [-0.1, -0.05) is 74.9 Å². The van der Waals surface area contributed by atoms with E-state index in [2.05, 4.69) is 5.32 Å². The molecule has 56 heavy (non-hydrogen) atoms. The van der Waals surface area contributed by atoms with Crippen molar-refractivity contribution in [3.05, 3.63) is 82.9 Å². The summed E-state index contributed by atoms with van der Waals surface area (Å²) in [5.41, 5.74) is -5.28. The van der Waals surface area contributed by atoms with Crippen LogP contribution in [0.15, 0.2) is 71.8 Å². The summed E-state index contributed by atoms with van der Waals surface area (Å²) in [6.45, 7) is 13.2. The van der Waals surface area contributed by atoms with E-state index in [0.29, 0.717) is 29.6 Å². The van der Waals surface area contributed by atoms with Crippen LogP contribution in [0.4, 0.5) is 4.79 Å². The summed E-state index contributed by atoms with van der Waals surface area (Å²) in [6.07, 6.45) is -5.91. The summed E-state index contributed by atoms with van der Waals surface area (Å²) < 4.78 is 30.0. The van der Waals surface area contributed by atoms with Crippen molar-refractivity contribution < 1.29 is 57.9 Å². The second-order valence-electron chi connectivity index (χ2n) is 17.4. The van der Waals surface area contributed by atoms with Gasteiger partial charge in [0, 0.05) is 30.6 Å². The van der Waals surface area contributed by atoms with Crippen LogP contribution in [-0.2, 0) is 38.1 Å². The molecule has 0 aromatic heterocycles. The van der Waals surface area contributed by atoms with Gasteiger partial charge in [0.2, 0.25) is 0 Å². The van der Waals surface area contributed by atoms with Crippen molar-refractivity contribution in [1.82, 2.24) is 5.32 Å². The molecule has 0 radical (unpaired) electrons. The number of amides is 1. The van der Waals surface area contributed by atoms with Crippen LogP contribution in [0.2, 0.25) is 0 Å². The fourth-order valence-electron chi connectivity index (χ4n) is 9.39. The molecular formula is C43H53NO12. The minimum Gasteiger partial charge on any atom is -0.456 e. The van der Waals surface area contributed by atoms with E-state index < -0.39 is 88.0 Å². The third-order valence-corrected chi connectivity index (χ3v) is 12.5. The number of benzene rings is 2. The number of hydrogen-bond donors (Lipinski definition) is 3. The zero-order valence-corrected chi connectivity index (χ0v) is 33.3. The maximum atomic E-state index is 14.8. The highest BCUT2D eigenvalue weighted by Gasteiger charge is 2.75. The van der Waals surface area contributed by atoms with Crippen LogP contribution in [0.5, 0.6) is 0 Å². The molecule has 13 nitrogen and oxygen atoms in total. The van der Waals surface area contributed by atoms with E-state index in [1.54, 1.807) is 109 Å². The first-order chi connectivity index (χ1) is 26.1. The standard InChI is InChI=1S/C43H53NO12/c1-24-28-21-30(46)41(8)20-19-31-42(23-52-31,55-25(2)45)34(41)35(54-36(48)27-17-13-10-14-18-27)43(51,40(28,6)7)22-29(24)53-37(49)33(47)32(26-15-11-9-12-16-26)44-38(50)56-39(3,4)5/h9-18,29,31-35,47,51H,19-23H2,1-8H3,(H,44,50)/t29-,31+,32-,33+,34-,35-,41-,42-,43+/m0/s1. The lowest BCUT2D eigenvalue weighted by atomic mass is 9.46. The second-order valence-corrected chi connectivity index (χ2v) is 17.4. The van der Waals surface area contributed by atoms with Gasteiger partial charge in [-0.25, -0.2) is 14.4 Å². The number of esters is 3. The largest absolute Gasteiger partial charge is 0.456 e. The van der Waals surface area contributed by atoms with E-state index in [-0.39, 0.29) is 30.8 Å². The summed E-state index contributed by atoms with van der Waals surface area (Å²) in [5.74, 6) is -3.80. The van der Waals surface area contributed by atoms with Gasteiger partial charge in [0.05, 0.1) is 24.1 Å². The van der Waals surface area contributed by atoms with Crippen LogP contribution in [0.25, 0.3) is 0 Å². The van der Waals surface area contributed by atoms with Crippen molar-refractivity contribution in [1.29, 1.82) is 0 Å². The Kier molecular flexibility index (Phi) is 10.8. The minimum absolute atomic E-state index is 0.0848. The highest BCUT2D eigenvalue weighted by atomic mass is 16.6. The number of rotatable bonds is 8. The molecule has 3 fully saturated rings. The Bertz CT molecular complexity index is 1900. The average molecular weight is 776 g/mol. The molecule has 6 rings (SSSR count). The third kappa shape index (κ3) is 7.13. The molecule has 1 heterocycles. The first kappa shape index (κ1) is 41.1.